The first-order valence-corrected chi connectivity index (χ1v) is 8.23. The van der Waals surface area contributed by atoms with Crippen molar-refractivity contribution in [2.75, 3.05) is 32.7 Å². The largest absolute Gasteiger partial charge is 0.357 e. The van der Waals surface area contributed by atoms with Crippen molar-refractivity contribution in [3.63, 3.8) is 0 Å². The van der Waals surface area contributed by atoms with Crippen LogP contribution in [0.25, 0.3) is 0 Å². The summed E-state index contributed by atoms with van der Waals surface area (Å²) in [6, 6.07) is 6.57. The Morgan fingerprint density at radius 1 is 1.30 bits per heavy atom. The van der Waals surface area contributed by atoms with E-state index >= 15 is 0 Å². The maximum atomic E-state index is 13.1. The minimum Gasteiger partial charge on any atom is -0.357 e. The van der Waals surface area contributed by atoms with Crippen molar-refractivity contribution in [3.8, 4) is 0 Å². The van der Waals surface area contributed by atoms with Crippen LogP contribution < -0.4 is 10.6 Å². The van der Waals surface area contributed by atoms with Crippen LogP contribution >= 0.6 is 0 Å². The van der Waals surface area contributed by atoms with Gasteiger partial charge in [-0.05, 0) is 43.9 Å². The summed E-state index contributed by atoms with van der Waals surface area (Å²) in [7, 11) is 0. The number of nitrogens with one attached hydrogen (secondary N) is 2. The van der Waals surface area contributed by atoms with E-state index in [0.717, 1.165) is 38.0 Å². The molecule has 1 aromatic carbocycles. The predicted octanol–water partition coefficient (Wildman–Crippen LogP) is 1.55. The topological polar surface area (TPSA) is 56.7 Å². The molecule has 0 aromatic heterocycles. The molecule has 0 aliphatic carbocycles. The molecule has 1 heterocycles. The molecule has 1 amide bonds. The molecule has 6 heteroatoms. The van der Waals surface area contributed by atoms with Crippen molar-refractivity contribution in [2.45, 2.75) is 26.2 Å². The van der Waals surface area contributed by atoms with E-state index in [-0.39, 0.29) is 18.3 Å². The molecule has 0 atom stereocenters. The Morgan fingerprint density at radius 2 is 2.09 bits per heavy atom. The molecule has 2 rings (SSSR count). The van der Waals surface area contributed by atoms with Crippen LogP contribution in [0.2, 0.25) is 0 Å². The fourth-order valence-corrected chi connectivity index (χ4v) is 2.57. The Labute approximate surface area is 137 Å². The fraction of sp³-hybridized carbons (Fsp3) is 0.529. The molecule has 5 nitrogen and oxygen atoms in total. The summed E-state index contributed by atoms with van der Waals surface area (Å²) in [5.41, 5.74) is 0.932. The first-order chi connectivity index (χ1) is 11.2. The Bertz CT molecular complexity index is 541. The number of rotatable bonds is 6. The number of aliphatic imine (C=N–C) groups is 1. The maximum absolute atomic E-state index is 13.1. The van der Waals surface area contributed by atoms with Crippen molar-refractivity contribution in [1.29, 1.82) is 0 Å². The summed E-state index contributed by atoms with van der Waals surface area (Å²) in [5.74, 6) is 0.473. The van der Waals surface area contributed by atoms with Gasteiger partial charge < -0.3 is 15.5 Å². The van der Waals surface area contributed by atoms with E-state index in [2.05, 4.69) is 15.6 Å². The van der Waals surface area contributed by atoms with Gasteiger partial charge in [0.25, 0.3) is 0 Å². The molecule has 1 aliphatic rings. The Morgan fingerprint density at radius 3 is 2.78 bits per heavy atom. The third-order valence-electron chi connectivity index (χ3n) is 3.77. The first kappa shape index (κ1) is 17.2. The number of hydrogen-bond acceptors (Lipinski definition) is 2. The third-order valence-corrected chi connectivity index (χ3v) is 3.77. The summed E-state index contributed by atoms with van der Waals surface area (Å²) < 4.78 is 13.1. The van der Waals surface area contributed by atoms with E-state index < -0.39 is 0 Å². The fourth-order valence-electron chi connectivity index (χ4n) is 2.57. The van der Waals surface area contributed by atoms with Crippen LogP contribution in [0.4, 0.5) is 4.39 Å². The number of benzene rings is 1. The molecule has 0 unspecified atom stereocenters. The Hall–Kier alpha value is -2.11. The molecular weight excluding hydrogens is 295 g/mol. The van der Waals surface area contributed by atoms with Gasteiger partial charge in [-0.25, -0.2) is 9.38 Å². The lowest BCUT2D eigenvalue weighted by Crippen LogP contribution is -2.39. The number of amides is 1. The predicted molar refractivity (Wildman–Crippen MR) is 89.9 cm³/mol. The van der Waals surface area contributed by atoms with Crippen LogP contribution in [-0.4, -0.2) is 49.5 Å². The molecule has 23 heavy (non-hydrogen) atoms. The second-order valence-electron chi connectivity index (χ2n) is 5.59. The second kappa shape index (κ2) is 9.12. The molecule has 0 radical (unpaired) electrons. The van der Waals surface area contributed by atoms with Gasteiger partial charge in [-0.15, -0.1) is 0 Å². The highest BCUT2D eigenvalue weighted by atomic mass is 19.1. The lowest BCUT2D eigenvalue weighted by molar-refractivity contribution is -0.128. The SMILES string of the molecule is CCNC(=NCC(=O)N1CCCC1)NCCc1cccc(F)c1. The van der Waals surface area contributed by atoms with Gasteiger partial charge in [-0.1, -0.05) is 12.1 Å². The lowest BCUT2D eigenvalue weighted by atomic mass is 10.1. The molecule has 2 N–H and O–H groups in total. The minimum absolute atomic E-state index is 0.0739. The first-order valence-electron chi connectivity index (χ1n) is 8.23. The number of guanidine groups is 1. The minimum atomic E-state index is -0.223. The summed E-state index contributed by atoms with van der Waals surface area (Å²) in [6.07, 6.45) is 2.87. The van der Waals surface area contributed by atoms with Crippen LogP contribution in [0.3, 0.4) is 0 Å². The average molecular weight is 320 g/mol. The highest BCUT2D eigenvalue weighted by molar-refractivity contribution is 5.85. The van der Waals surface area contributed by atoms with Gasteiger partial charge in [-0.3, -0.25) is 4.79 Å². The standard InChI is InChI=1S/C17H25FN4O/c1-2-19-17(21-13-16(23)22-10-3-4-11-22)20-9-8-14-6-5-7-15(18)12-14/h5-7,12H,2-4,8-11,13H2,1H3,(H2,19,20,21). The van der Waals surface area contributed by atoms with Gasteiger partial charge in [0.15, 0.2) is 5.96 Å². The molecule has 1 aliphatic heterocycles. The zero-order valence-electron chi connectivity index (χ0n) is 13.6. The van der Waals surface area contributed by atoms with Crippen LogP contribution in [0.5, 0.6) is 0 Å². The van der Waals surface area contributed by atoms with Crippen molar-refractivity contribution in [1.82, 2.24) is 15.5 Å². The molecule has 126 valence electrons. The third kappa shape index (κ3) is 5.88. The van der Waals surface area contributed by atoms with E-state index in [0.29, 0.717) is 18.9 Å². The Kier molecular flexibility index (Phi) is 6.84. The summed E-state index contributed by atoms with van der Waals surface area (Å²) >= 11 is 0. The van der Waals surface area contributed by atoms with Gasteiger partial charge >= 0.3 is 0 Å². The molecule has 1 aromatic rings. The number of carbonyl (C=O) groups excluding carboxylic acids is 1. The molecule has 0 saturated carbocycles. The van der Waals surface area contributed by atoms with Crippen LogP contribution in [0.1, 0.15) is 25.3 Å². The number of hydrogen-bond donors (Lipinski definition) is 2. The molecule has 0 bridgehead atoms. The van der Waals surface area contributed by atoms with Crippen molar-refractivity contribution >= 4 is 11.9 Å². The molecule has 1 saturated heterocycles. The van der Waals surface area contributed by atoms with E-state index in [1.165, 1.54) is 12.1 Å². The number of carbonyl (C=O) groups is 1. The van der Waals surface area contributed by atoms with Gasteiger partial charge in [0, 0.05) is 26.2 Å². The quantitative estimate of drug-likeness (QED) is 0.618. The van der Waals surface area contributed by atoms with Gasteiger partial charge in [0.1, 0.15) is 12.4 Å². The van der Waals surface area contributed by atoms with Crippen LogP contribution in [-0.2, 0) is 11.2 Å². The van der Waals surface area contributed by atoms with Crippen molar-refractivity contribution in [2.24, 2.45) is 4.99 Å². The number of halogens is 1. The van der Waals surface area contributed by atoms with Gasteiger partial charge in [0.05, 0.1) is 0 Å². The molecule has 0 spiro atoms. The van der Waals surface area contributed by atoms with Crippen molar-refractivity contribution < 1.29 is 9.18 Å². The normalized spacial score (nSPS) is 14.9. The van der Waals surface area contributed by atoms with Crippen LogP contribution in [0, 0.1) is 5.82 Å². The zero-order valence-corrected chi connectivity index (χ0v) is 13.6. The number of likely N-dealkylation sites (tertiary alicyclic amines) is 1. The molecule has 1 fully saturated rings. The van der Waals surface area contributed by atoms with Gasteiger partial charge in [-0.2, -0.15) is 0 Å². The van der Waals surface area contributed by atoms with E-state index in [1.54, 1.807) is 6.07 Å². The second-order valence-corrected chi connectivity index (χ2v) is 5.59. The zero-order chi connectivity index (χ0) is 16.5. The van der Waals surface area contributed by atoms with Crippen molar-refractivity contribution in [3.05, 3.63) is 35.6 Å². The van der Waals surface area contributed by atoms with Gasteiger partial charge in [0.2, 0.25) is 5.91 Å². The number of nitrogens with zero attached hydrogens (tertiary/aromatic N) is 2. The lowest BCUT2D eigenvalue weighted by Gasteiger charge is -2.15. The van der Waals surface area contributed by atoms with E-state index in [4.69, 9.17) is 0 Å². The smallest absolute Gasteiger partial charge is 0.244 e. The van der Waals surface area contributed by atoms with Crippen LogP contribution in [0.15, 0.2) is 29.3 Å². The summed E-state index contributed by atoms with van der Waals surface area (Å²) in [5, 5.41) is 6.30. The summed E-state index contributed by atoms with van der Waals surface area (Å²) in [4.78, 5) is 18.2. The maximum Gasteiger partial charge on any atom is 0.244 e. The van der Waals surface area contributed by atoms with E-state index in [9.17, 15) is 9.18 Å². The Balaban J connectivity index is 1.80. The molecular formula is C17H25FN4O. The summed E-state index contributed by atoms with van der Waals surface area (Å²) in [6.45, 7) is 5.19. The monoisotopic (exact) mass is 320 g/mol. The average Bonchev–Trinajstić information content (AvgIpc) is 3.07. The highest BCUT2D eigenvalue weighted by Crippen LogP contribution is 2.07. The highest BCUT2D eigenvalue weighted by Gasteiger charge is 2.17. The van der Waals surface area contributed by atoms with E-state index in [1.807, 2.05) is 17.9 Å².